The number of rotatable bonds is 7. The van der Waals surface area contributed by atoms with E-state index in [4.69, 9.17) is 10.7 Å². The average molecular weight is 369 g/mol. The summed E-state index contributed by atoms with van der Waals surface area (Å²) >= 11 is 0. The highest BCUT2D eigenvalue weighted by atomic mass is 16.6. The largest absolute Gasteiger partial charge is 0.316 e. The van der Waals surface area contributed by atoms with Gasteiger partial charge in [0.2, 0.25) is 0 Å². The Labute approximate surface area is 165 Å². The van der Waals surface area contributed by atoms with Gasteiger partial charge >= 0.3 is 0 Å². The molecule has 140 valence electrons. The first kappa shape index (κ1) is 18.2. The van der Waals surface area contributed by atoms with Crippen LogP contribution in [0.25, 0.3) is 0 Å². The summed E-state index contributed by atoms with van der Waals surface area (Å²) in [6, 6.07) is 31.6. The summed E-state index contributed by atoms with van der Waals surface area (Å²) in [6.45, 7) is 0.431. The molecule has 0 atom stereocenters. The fourth-order valence-corrected chi connectivity index (χ4v) is 3.93. The molecule has 4 aromatic rings. The van der Waals surface area contributed by atoms with Gasteiger partial charge in [-0.2, -0.15) is 0 Å². The van der Waals surface area contributed by atoms with Gasteiger partial charge in [0.1, 0.15) is 5.54 Å². The molecule has 0 fully saturated rings. The predicted molar refractivity (Wildman–Crippen MR) is 111 cm³/mol. The number of nitrogens with two attached hydrogens (primary N) is 1. The van der Waals surface area contributed by atoms with Crippen molar-refractivity contribution in [2.75, 3.05) is 6.61 Å². The first-order valence-corrected chi connectivity index (χ1v) is 9.37. The van der Waals surface area contributed by atoms with Gasteiger partial charge in [-0.1, -0.05) is 91.0 Å². The van der Waals surface area contributed by atoms with Crippen LogP contribution in [0, 0.1) is 0 Å². The standard InChI is InChI=1S/C24H23N3O/c25-28-17-16-23-18-26-19-27(23)24(20-10-4-1-5-11-20,21-12-6-2-7-13-21)22-14-8-3-9-15-22/h1-15,18-19H,16-17,25H2. The third-order valence-corrected chi connectivity index (χ3v) is 5.13. The van der Waals surface area contributed by atoms with Crippen molar-refractivity contribution in [2.24, 2.45) is 5.90 Å². The Bertz CT molecular complexity index is 901. The van der Waals surface area contributed by atoms with Crippen LogP contribution in [0.2, 0.25) is 0 Å². The maximum atomic E-state index is 5.31. The molecular formula is C24H23N3O. The van der Waals surface area contributed by atoms with E-state index in [9.17, 15) is 0 Å². The molecular weight excluding hydrogens is 346 g/mol. The summed E-state index contributed by atoms with van der Waals surface area (Å²) in [6.07, 6.45) is 4.46. The Morgan fingerprint density at radius 3 is 1.64 bits per heavy atom. The van der Waals surface area contributed by atoms with Gasteiger partial charge in [-0.15, -0.1) is 0 Å². The van der Waals surface area contributed by atoms with Crippen LogP contribution in [0.1, 0.15) is 22.4 Å². The maximum Gasteiger partial charge on any atom is 0.121 e. The minimum atomic E-state index is -0.551. The van der Waals surface area contributed by atoms with Gasteiger partial charge in [0.25, 0.3) is 0 Å². The Morgan fingerprint density at radius 2 is 1.21 bits per heavy atom. The fraction of sp³-hybridized carbons (Fsp3) is 0.125. The van der Waals surface area contributed by atoms with Gasteiger partial charge in [0, 0.05) is 18.3 Å². The molecule has 0 bridgehead atoms. The molecule has 28 heavy (non-hydrogen) atoms. The number of hydrogen-bond donors (Lipinski definition) is 1. The lowest BCUT2D eigenvalue weighted by atomic mass is 9.76. The summed E-state index contributed by atoms with van der Waals surface area (Å²) in [5, 5.41) is 0. The van der Waals surface area contributed by atoms with Gasteiger partial charge in [-0.25, -0.2) is 10.9 Å². The zero-order chi connectivity index (χ0) is 19.2. The molecule has 0 radical (unpaired) electrons. The second kappa shape index (κ2) is 8.21. The Morgan fingerprint density at radius 1 is 0.750 bits per heavy atom. The number of nitrogens with zero attached hydrogens (tertiary/aromatic N) is 2. The van der Waals surface area contributed by atoms with E-state index in [1.165, 1.54) is 16.7 Å². The molecule has 4 rings (SSSR count). The lowest BCUT2D eigenvalue weighted by Crippen LogP contribution is -2.38. The van der Waals surface area contributed by atoms with Gasteiger partial charge in [-0.3, -0.25) is 0 Å². The van der Waals surface area contributed by atoms with Gasteiger partial charge in [0.15, 0.2) is 0 Å². The number of aromatic nitrogens is 2. The number of hydrogen-bond acceptors (Lipinski definition) is 3. The second-order valence-electron chi connectivity index (χ2n) is 6.68. The first-order valence-electron chi connectivity index (χ1n) is 9.37. The zero-order valence-corrected chi connectivity index (χ0v) is 15.6. The summed E-state index contributed by atoms with van der Waals surface area (Å²) in [7, 11) is 0. The van der Waals surface area contributed by atoms with Crippen molar-refractivity contribution >= 4 is 0 Å². The minimum absolute atomic E-state index is 0.431. The van der Waals surface area contributed by atoms with E-state index in [0.717, 1.165) is 5.69 Å². The van der Waals surface area contributed by atoms with Crippen molar-refractivity contribution < 1.29 is 4.84 Å². The van der Waals surface area contributed by atoms with E-state index < -0.39 is 5.54 Å². The van der Waals surface area contributed by atoms with Crippen LogP contribution in [0.15, 0.2) is 104 Å². The Balaban J connectivity index is 2.07. The van der Waals surface area contributed by atoms with E-state index in [0.29, 0.717) is 13.0 Å². The van der Waals surface area contributed by atoms with Crippen molar-refractivity contribution in [2.45, 2.75) is 12.0 Å². The molecule has 2 N–H and O–H groups in total. The smallest absolute Gasteiger partial charge is 0.121 e. The van der Waals surface area contributed by atoms with E-state index >= 15 is 0 Å². The minimum Gasteiger partial charge on any atom is -0.316 e. The normalized spacial score (nSPS) is 11.5. The first-order chi connectivity index (χ1) is 13.9. The quantitative estimate of drug-likeness (QED) is 0.393. The highest BCUT2D eigenvalue weighted by Crippen LogP contribution is 2.41. The Hall–Kier alpha value is -3.21. The molecule has 0 aliphatic heterocycles. The summed E-state index contributed by atoms with van der Waals surface area (Å²) in [5.41, 5.74) is 4.01. The van der Waals surface area contributed by atoms with E-state index in [1.54, 1.807) is 0 Å². The van der Waals surface area contributed by atoms with Crippen molar-refractivity contribution in [3.8, 4) is 0 Å². The SMILES string of the molecule is NOCCc1cncn1C(c1ccccc1)(c1ccccc1)c1ccccc1. The van der Waals surface area contributed by atoms with Crippen molar-refractivity contribution in [1.29, 1.82) is 0 Å². The predicted octanol–water partition coefficient (Wildman–Crippen LogP) is 4.16. The van der Waals surface area contributed by atoms with E-state index in [-0.39, 0.29) is 0 Å². The molecule has 0 unspecified atom stereocenters. The monoisotopic (exact) mass is 369 g/mol. The van der Waals surface area contributed by atoms with Crippen LogP contribution in [-0.4, -0.2) is 16.2 Å². The molecule has 0 spiro atoms. The second-order valence-corrected chi connectivity index (χ2v) is 6.68. The summed E-state index contributed by atoms with van der Waals surface area (Å²) < 4.78 is 2.24. The van der Waals surface area contributed by atoms with Crippen LogP contribution in [-0.2, 0) is 16.8 Å². The van der Waals surface area contributed by atoms with Crippen LogP contribution in [0.3, 0.4) is 0 Å². The van der Waals surface area contributed by atoms with Crippen LogP contribution in [0.5, 0.6) is 0 Å². The molecule has 0 aliphatic rings. The lowest BCUT2D eigenvalue weighted by Gasteiger charge is -2.38. The number of imidazole rings is 1. The number of benzene rings is 3. The fourth-order valence-electron chi connectivity index (χ4n) is 3.93. The molecule has 1 aromatic heterocycles. The van der Waals surface area contributed by atoms with Gasteiger partial charge < -0.3 is 9.40 Å². The average Bonchev–Trinajstić information content (AvgIpc) is 3.24. The molecule has 4 nitrogen and oxygen atoms in total. The van der Waals surface area contributed by atoms with E-state index in [2.05, 4.69) is 82.3 Å². The topological polar surface area (TPSA) is 53.1 Å². The van der Waals surface area contributed by atoms with Crippen LogP contribution in [0.4, 0.5) is 0 Å². The zero-order valence-electron chi connectivity index (χ0n) is 15.6. The molecule has 0 saturated carbocycles. The molecule has 0 aliphatic carbocycles. The molecule has 4 heteroatoms. The molecule has 1 heterocycles. The third kappa shape index (κ3) is 3.13. The Kier molecular flexibility index (Phi) is 5.33. The molecule has 3 aromatic carbocycles. The highest BCUT2D eigenvalue weighted by Gasteiger charge is 2.39. The van der Waals surface area contributed by atoms with Crippen molar-refractivity contribution in [1.82, 2.24) is 9.55 Å². The van der Waals surface area contributed by atoms with Crippen molar-refractivity contribution in [3.63, 3.8) is 0 Å². The van der Waals surface area contributed by atoms with Crippen molar-refractivity contribution in [3.05, 3.63) is 126 Å². The molecule has 0 amide bonds. The highest BCUT2D eigenvalue weighted by molar-refractivity contribution is 5.51. The molecule has 0 saturated heterocycles. The van der Waals surface area contributed by atoms with E-state index in [1.807, 2.05) is 30.7 Å². The lowest BCUT2D eigenvalue weighted by molar-refractivity contribution is 0.139. The summed E-state index contributed by atoms with van der Waals surface area (Å²) in [5.74, 6) is 5.31. The summed E-state index contributed by atoms with van der Waals surface area (Å²) in [4.78, 5) is 9.34. The van der Waals surface area contributed by atoms with Gasteiger partial charge in [0.05, 0.1) is 12.9 Å². The van der Waals surface area contributed by atoms with Gasteiger partial charge in [-0.05, 0) is 16.7 Å². The van der Waals surface area contributed by atoms with Crippen LogP contribution < -0.4 is 5.90 Å². The maximum absolute atomic E-state index is 5.31. The third-order valence-electron chi connectivity index (χ3n) is 5.13. The van der Waals surface area contributed by atoms with Crippen LogP contribution >= 0.6 is 0 Å².